The number of benzene rings is 2. The average Bonchev–Trinajstić information content (AvgIpc) is 2.61. The number of ether oxygens (including phenoxy) is 1. The number of aliphatic hydroxyl groups excluding tert-OH is 1. The molecule has 0 aliphatic rings. The Morgan fingerprint density at radius 3 is 2.29 bits per heavy atom. The molecule has 0 aromatic heterocycles. The maximum absolute atomic E-state index is 11.7. The highest BCUT2D eigenvalue weighted by molar-refractivity contribution is 5.72. The standard InChI is InChI=1S/C20H25NO3/c1-2-24-20(23)18(14-22)13-19(21)12-15-8-10-17(11-9-15)16-6-4-3-5-7-16/h3-11,18-19,22H,2,12-14,21H2,1H3/t18-,19+/m0/s1. The maximum Gasteiger partial charge on any atom is 0.311 e. The zero-order chi connectivity index (χ0) is 17.4. The van der Waals surface area contributed by atoms with Crippen LogP contribution in [0, 0.1) is 5.92 Å². The Kier molecular flexibility index (Phi) is 6.97. The zero-order valence-electron chi connectivity index (χ0n) is 14.0. The minimum Gasteiger partial charge on any atom is -0.466 e. The van der Waals surface area contributed by atoms with Crippen molar-refractivity contribution >= 4 is 5.97 Å². The lowest BCUT2D eigenvalue weighted by atomic mass is 9.95. The van der Waals surface area contributed by atoms with Crippen LogP contribution in [0.25, 0.3) is 11.1 Å². The van der Waals surface area contributed by atoms with Crippen LogP contribution in [0.4, 0.5) is 0 Å². The number of hydrogen-bond donors (Lipinski definition) is 2. The predicted octanol–water partition coefficient (Wildman–Crippen LogP) is 2.79. The van der Waals surface area contributed by atoms with E-state index in [1.807, 2.05) is 18.2 Å². The summed E-state index contributed by atoms with van der Waals surface area (Å²) in [6, 6.07) is 18.2. The summed E-state index contributed by atoms with van der Waals surface area (Å²) >= 11 is 0. The third kappa shape index (κ3) is 5.18. The molecular weight excluding hydrogens is 302 g/mol. The molecule has 24 heavy (non-hydrogen) atoms. The average molecular weight is 327 g/mol. The van der Waals surface area contributed by atoms with E-state index in [2.05, 4.69) is 36.4 Å². The van der Waals surface area contributed by atoms with E-state index in [0.29, 0.717) is 19.4 Å². The van der Waals surface area contributed by atoms with E-state index in [1.165, 1.54) is 5.56 Å². The second-order valence-electron chi connectivity index (χ2n) is 5.89. The van der Waals surface area contributed by atoms with Gasteiger partial charge in [-0.2, -0.15) is 0 Å². The van der Waals surface area contributed by atoms with Crippen molar-refractivity contribution < 1.29 is 14.6 Å². The summed E-state index contributed by atoms with van der Waals surface area (Å²) in [5.74, 6) is -0.932. The summed E-state index contributed by atoms with van der Waals surface area (Å²) in [6.45, 7) is 1.82. The first kappa shape index (κ1) is 18.2. The largest absolute Gasteiger partial charge is 0.466 e. The van der Waals surface area contributed by atoms with Gasteiger partial charge in [-0.05, 0) is 36.5 Å². The van der Waals surface area contributed by atoms with Gasteiger partial charge in [-0.15, -0.1) is 0 Å². The van der Waals surface area contributed by atoms with E-state index in [4.69, 9.17) is 10.5 Å². The fourth-order valence-electron chi connectivity index (χ4n) is 2.72. The van der Waals surface area contributed by atoms with E-state index in [-0.39, 0.29) is 18.6 Å². The van der Waals surface area contributed by atoms with Gasteiger partial charge in [0.25, 0.3) is 0 Å². The second-order valence-corrected chi connectivity index (χ2v) is 5.89. The number of aliphatic hydroxyl groups is 1. The molecule has 0 fully saturated rings. The molecule has 3 N–H and O–H groups in total. The van der Waals surface area contributed by atoms with Gasteiger partial charge in [-0.3, -0.25) is 4.79 Å². The van der Waals surface area contributed by atoms with E-state index in [9.17, 15) is 9.90 Å². The summed E-state index contributed by atoms with van der Waals surface area (Å²) < 4.78 is 4.96. The minimum atomic E-state index is -0.552. The van der Waals surface area contributed by atoms with Crippen molar-refractivity contribution in [1.29, 1.82) is 0 Å². The van der Waals surface area contributed by atoms with Gasteiger partial charge in [-0.1, -0.05) is 54.6 Å². The van der Waals surface area contributed by atoms with Gasteiger partial charge < -0.3 is 15.6 Å². The zero-order valence-corrected chi connectivity index (χ0v) is 14.0. The van der Waals surface area contributed by atoms with E-state index in [0.717, 1.165) is 11.1 Å². The number of carbonyl (C=O) groups excluding carboxylic acids is 1. The Balaban J connectivity index is 1.94. The lowest BCUT2D eigenvalue weighted by Crippen LogP contribution is -2.32. The number of rotatable bonds is 8. The van der Waals surface area contributed by atoms with Crippen LogP contribution in [-0.2, 0) is 16.0 Å². The van der Waals surface area contributed by atoms with Gasteiger partial charge in [0.15, 0.2) is 0 Å². The second kappa shape index (κ2) is 9.21. The third-order valence-corrected chi connectivity index (χ3v) is 3.99. The molecule has 2 rings (SSSR count). The highest BCUT2D eigenvalue weighted by Crippen LogP contribution is 2.20. The SMILES string of the molecule is CCOC(=O)[C@H](CO)C[C@H](N)Cc1ccc(-c2ccccc2)cc1. The summed E-state index contributed by atoms with van der Waals surface area (Å²) in [4.78, 5) is 11.7. The Morgan fingerprint density at radius 2 is 1.71 bits per heavy atom. The number of nitrogens with two attached hydrogens (primary N) is 1. The topological polar surface area (TPSA) is 72.5 Å². The highest BCUT2D eigenvalue weighted by atomic mass is 16.5. The number of hydrogen-bond acceptors (Lipinski definition) is 4. The maximum atomic E-state index is 11.7. The first-order valence-electron chi connectivity index (χ1n) is 8.31. The molecule has 0 amide bonds. The fraction of sp³-hybridized carbons (Fsp3) is 0.350. The molecule has 128 valence electrons. The molecule has 0 aliphatic heterocycles. The molecule has 4 heteroatoms. The molecule has 0 spiro atoms. The normalized spacial score (nSPS) is 13.3. The lowest BCUT2D eigenvalue weighted by Gasteiger charge is -2.18. The summed E-state index contributed by atoms with van der Waals surface area (Å²) in [5.41, 5.74) is 9.60. The lowest BCUT2D eigenvalue weighted by molar-refractivity contribution is -0.149. The van der Waals surface area contributed by atoms with Crippen molar-refractivity contribution in [3.8, 4) is 11.1 Å². The van der Waals surface area contributed by atoms with Crippen LogP contribution >= 0.6 is 0 Å². The molecule has 2 aromatic carbocycles. The van der Waals surface area contributed by atoms with Crippen molar-refractivity contribution in [3.05, 3.63) is 60.2 Å². The van der Waals surface area contributed by atoms with Crippen LogP contribution in [0.15, 0.2) is 54.6 Å². The molecule has 0 saturated carbocycles. The molecular formula is C20H25NO3. The quantitative estimate of drug-likeness (QED) is 0.731. The molecule has 0 radical (unpaired) electrons. The Labute approximate surface area is 143 Å². The number of esters is 1. The fourth-order valence-corrected chi connectivity index (χ4v) is 2.72. The third-order valence-electron chi connectivity index (χ3n) is 3.99. The van der Waals surface area contributed by atoms with Gasteiger partial charge in [0.2, 0.25) is 0 Å². The van der Waals surface area contributed by atoms with Gasteiger partial charge in [0, 0.05) is 6.04 Å². The van der Waals surface area contributed by atoms with Crippen LogP contribution in [0.3, 0.4) is 0 Å². The summed E-state index contributed by atoms with van der Waals surface area (Å²) in [7, 11) is 0. The van der Waals surface area contributed by atoms with Gasteiger partial charge in [0.05, 0.1) is 19.1 Å². The number of carbonyl (C=O) groups is 1. The predicted molar refractivity (Wildman–Crippen MR) is 95.4 cm³/mol. The van der Waals surface area contributed by atoms with Crippen LogP contribution in [0.5, 0.6) is 0 Å². The van der Waals surface area contributed by atoms with Crippen molar-refractivity contribution in [1.82, 2.24) is 0 Å². The van der Waals surface area contributed by atoms with Crippen molar-refractivity contribution in [2.75, 3.05) is 13.2 Å². The van der Waals surface area contributed by atoms with Crippen molar-refractivity contribution in [2.24, 2.45) is 11.7 Å². The molecule has 0 bridgehead atoms. The monoisotopic (exact) mass is 327 g/mol. The van der Waals surface area contributed by atoms with E-state index < -0.39 is 5.92 Å². The Bertz CT molecular complexity index is 625. The van der Waals surface area contributed by atoms with Gasteiger partial charge in [0.1, 0.15) is 0 Å². The van der Waals surface area contributed by atoms with E-state index >= 15 is 0 Å². The Hall–Kier alpha value is -2.17. The minimum absolute atomic E-state index is 0.200. The molecule has 0 aliphatic carbocycles. The first-order chi connectivity index (χ1) is 11.6. The van der Waals surface area contributed by atoms with Crippen LogP contribution in [0.1, 0.15) is 18.9 Å². The van der Waals surface area contributed by atoms with E-state index in [1.54, 1.807) is 6.92 Å². The molecule has 0 saturated heterocycles. The Morgan fingerprint density at radius 1 is 1.08 bits per heavy atom. The van der Waals surface area contributed by atoms with Crippen LogP contribution in [-0.4, -0.2) is 30.3 Å². The molecule has 4 nitrogen and oxygen atoms in total. The van der Waals surface area contributed by atoms with Crippen molar-refractivity contribution in [3.63, 3.8) is 0 Å². The molecule has 0 heterocycles. The van der Waals surface area contributed by atoms with Crippen LogP contribution in [0.2, 0.25) is 0 Å². The van der Waals surface area contributed by atoms with Crippen LogP contribution < -0.4 is 5.73 Å². The molecule has 0 unspecified atom stereocenters. The first-order valence-corrected chi connectivity index (χ1v) is 8.31. The van der Waals surface area contributed by atoms with Gasteiger partial charge in [-0.25, -0.2) is 0 Å². The summed E-state index contributed by atoms with van der Waals surface area (Å²) in [5, 5.41) is 9.34. The van der Waals surface area contributed by atoms with Crippen molar-refractivity contribution in [2.45, 2.75) is 25.8 Å². The van der Waals surface area contributed by atoms with Gasteiger partial charge >= 0.3 is 5.97 Å². The smallest absolute Gasteiger partial charge is 0.311 e. The highest BCUT2D eigenvalue weighted by Gasteiger charge is 2.22. The molecule has 2 aromatic rings. The molecule has 2 atom stereocenters. The summed E-state index contributed by atoms with van der Waals surface area (Å²) in [6.07, 6.45) is 1.07.